The minimum atomic E-state index is -3.48. The molecule has 0 heterocycles. The number of carbonyl (C=O) groups excluding carboxylic acids is 1. The van der Waals surface area contributed by atoms with Crippen LogP contribution in [0.1, 0.15) is 20.3 Å². The van der Waals surface area contributed by atoms with Crippen LogP contribution < -0.4 is 9.83 Å². The summed E-state index contributed by atoms with van der Waals surface area (Å²) in [4.78, 5) is 10.5. The molecule has 0 aromatic carbocycles. The van der Waals surface area contributed by atoms with Gasteiger partial charge in [-0.2, -0.15) is 0 Å². The summed E-state index contributed by atoms with van der Waals surface area (Å²) in [5, 5.41) is 10.5. The third kappa shape index (κ3) is 6.53. The number of carboxylic acids is 1. The van der Waals surface area contributed by atoms with Gasteiger partial charge in [0.25, 0.3) is 0 Å². The second kappa shape index (κ2) is 4.57. The van der Waals surface area contributed by atoms with Gasteiger partial charge in [-0.1, -0.05) is 13.8 Å². The molecule has 0 aliphatic rings. The number of aliphatic carboxylic acids is 1. The zero-order valence-corrected chi connectivity index (χ0v) is 8.72. The molecular formula is C7H14NO4S-. The van der Waals surface area contributed by atoms with Crippen molar-refractivity contribution in [3.05, 3.63) is 0 Å². The molecule has 0 aliphatic heterocycles. The van der Waals surface area contributed by atoms with Gasteiger partial charge in [0.15, 0.2) is 0 Å². The zero-order chi connectivity index (χ0) is 10.6. The fraction of sp³-hybridized carbons (Fsp3) is 0.857. The largest absolute Gasteiger partial charge is 0.548 e. The molecule has 0 aromatic rings. The van der Waals surface area contributed by atoms with Crippen LogP contribution in [0.2, 0.25) is 0 Å². The van der Waals surface area contributed by atoms with Crippen LogP contribution in [-0.4, -0.2) is 26.7 Å². The number of rotatable bonds is 5. The number of sulfonamides is 1. The van der Waals surface area contributed by atoms with E-state index in [1.54, 1.807) is 13.8 Å². The Morgan fingerprint density at radius 1 is 1.46 bits per heavy atom. The standard InChI is InChI=1S/C7H15NO4S/c1-5(2)4-6(7(9)10)8-13(3,11)12/h5-6,8H,4H2,1-3H3,(H,9,10)/p-1/t6-/m0/s1. The van der Waals surface area contributed by atoms with Gasteiger partial charge in [-0.25, -0.2) is 13.1 Å². The van der Waals surface area contributed by atoms with Crippen LogP contribution in [0.5, 0.6) is 0 Å². The molecule has 0 aliphatic carbocycles. The first-order valence-electron chi connectivity index (χ1n) is 3.90. The van der Waals surface area contributed by atoms with Gasteiger partial charge in [0, 0.05) is 0 Å². The van der Waals surface area contributed by atoms with E-state index in [-0.39, 0.29) is 12.3 Å². The van der Waals surface area contributed by atoms with E-state index >= 15 is 0 Å². The van der Waals surface area contributed by atoms with Crippen molar-refractivity contribution in [1.82, 2.24) is 4.72 Å². The molecule has 6 heteroatoms. The lowest BCUT2D eigenvalue weighted by molar-refractivity contribution is -0.308. The lowest BCUT2D eigenvalue weighted by Crippen LogP contribution is -2.48. The number of carboxylic acid groups (broad SMARTS) is 1. The van der Waals surface area contributed by atoms with Crippen LogP contribution in [0, 0.1) is 5.92 Å². The van der Waals surface area contributed by atoms with E-state index in [1.165, 1.54) is 0 Å². The second-order valence-electron chi connectivity index (χ2n) is 3.39. The van der Waals surface area contributed by atoms with E-state index in [9.17, 15) is 18.3 Å². The Hall–Kier alpha value is -0.620. The predicted octanol–water partition coefficient (Wildman–Crippen LogP) is -1.30. The van der Waals surface area contributed by atoms with Crippen LogP contribution in [0.4, 0.5) is 0 Å². The quantitative estimate of drug-likeness (QED) is 0.608. The molecule has 5 nitrogen and oxygen atoms in total. The molecule has 0 saturated heterocycles. The van der Waals surface area contributed by atoms with E-state index in [1.807, 2.05) is 4.72 Å². The van der Waals surface area contributed by atoms with Crippen molar-refractivity contribution in [3.63, 3.8) is 0 Å². The maximum absolute atomic E-state index is 10.7. The van der Waals surface area contributed by atoms with Crippen molar-refractivity contribution < 1.29 is 18.3 Å². The van der Waals surface area contributed by atoms with Crippen molar-refractivity contribution in [2.75, 3.05) is 6.26 Å². The minimum Gasteiger partial charge on any atom is -0.548 e. The first-order chi connectivity index (χ1) is 5.72. The number of nitrogens with one attached hydrogen (secondary N) is 1. The first kappa shape index (κ1) is 12.4. The Labute approximate surface area is 78.2 Å². The number of hydrogen-bond donors (Lipinski definition) is 1. The average Bonchev–Trinajstić information content (AvgIpc) is 1.81. The van der Waals surface area contributed by atoms with Crippen LogP contribution in [0.3, 0.4) is 0 Å². The van der Waals surface area contributed by atoms with Crippen molar-refractivity contribution in [2.24, 2.45) is 5.92 Å². The fourth-order valence-electron chi connectivity index (χ4n) is 0.922. The van der Waals surface area contributed by atoms with Crippen molar-refractivity contribution in [3.8, 4) is 0 Å². The summed E-state index contributed by atoms with van der Waals surface area (Å²) in [6, 6.07) is -1.13. The fourth-order valence-corrected chi connectivity index (χ4v) is 1.63. The maximum Gasteiger partial charge on any atom is 0.209 e. The van der Waals surface area contributed by atoms with E-state index in [0.29, 0.717) is 0 Å². The van der Waals surface area contributed by atoms with Gasteiger partial charge in [-0.05, 0) is 12.3 Å². The number of carbonyl (C=O) groups is 1. The van der Waals surface area contributed by atoms with E-state index < -0.39 is 22.0 Å². The van der Waals surface area contributed by atoms with Gasteiger partial charge in [0.05, 0.1) is 18.3 Å². The summed E-state index contributed by atoms with van der Waals surface area (Å²) in [5.41, 5.74) is 0. The van der Waals surface area contributed by atoms with Crippen LogP contribution in [-0.2, 0) is 14.8 Å². The molecule has 0 rings (SSSR count). The summed E-state index contributed by atoms with van der Waals surface area (Å²) < 4.78 is 23.4. The molecule has 0 spiro atoms. The summed E-state index contributed by atoms with van der Waals surface area (Å²) in [6.07, 6.45) is 1.15. The monoisotopic (exact) mass is 208 g/mol. The average molecular weight is 208 g/mol. The van der Waals surface area contributed by atoms with Gasteiger partial charge in [-0.15, -0.1) is 0 Å². The van der Waals surface area contributed by atoms with Crippen LogP contribution >= 0.6 is 0 Å². The molecule has 78 valence electrons. The third-order valence-corrected chi connectivity index (χ3v) is 2.06. The molecule has 0 radical (unpaired) electrons. The Balaban J connectivity index is 4.37. The molecular weight excluding hydrogens is 194 g/mol. The molecule has 0 bridgehead atoms. The van der Waals surface area contributed by atoms with E-state index in [0.717, 1.165) is 6.26 Å². The lowest BCUT2D eigenvalue weighted by Gasteiger charge is -2.19. The highest BCUT2D eigenvalue weighted by molar-refractivity contribution is 7.88. The highest BCUT2D eigenvalue weighted by Crippen LogP contribution is 2.04. The summed E-state index contributed by atoms with van der Waals surface area (Å²) >= 11 is 0. The highest BCUT2D eigenvalue weighted by atomic mass is 32.2. The third-order valence-electron chi connectivity index (χ3n) is 1.35. The first-order valence-corrected chi connectivity index (χ1v) is 5.79. The molecule has 0 unspecified atom stereocenters. The van der Waals surface area contributed by atoms with E-state index in [4.69, 9.17) is 0 Å². The Bertz CT molecular complexity index is 270. The maximum atomic E-state index is 10.7. The molecule has 0 aromatic heterocycles. The molecule has 0 amide bonds. The molecule has 0 saturated carbocycles. The lowest BCUT2D eigenvalue weighted by atomic mass is 10.1. The van der Waals surface area contributed by atoms with Crippen molar-refractivity contribution >= 4 is 16.0 Å². The smallest absolute Gasteiger partial charge is 0.209 e. The van der Waals surface area contributed by atoms with E-state index in [2.05, 4.69) is 0 Å². The number of hydrogen-bond acceptors (Lipinski definition) is 4. The van der Waals surface area contributed by atoms with Crippen molar-refractivity contribution in [1.29, 1.82) is 0 Å². The van der Waals surface area contributed by atoms with Gasteiger partial charge in [0.1, 0.15) is 0 Å². The topological polar surface area (TPSA) is 86.3 Å². The van der Waals surface area contributed by atoms with Gasteiger partial charge in [0.2, 0.25) is 10.0 Å². The summed E-state index contributed by atoms with van der Waals surface area (Å²) in [5.74, 6) is -1.30. The van der Waals surface area contributed by atoms with Crippen LogP contribution in [0.15, 0.2) is 0 Å². The summed E-state index contributed by atoms with van der Waals surface area (Å²) in [6.45, 7) is 3.61. The molecule has 13 heavy (non-hydrogen) atoms. The Morgan fingerprint density at radius 3 is 2.15 bits per heavy atom. The van der Waals surface area contributed by atoms with Gasteiger partial charge < -0.3 is 9.90 Å². The summed E-state index contributed by atoms with van der Waals surface area (Å²) in [7, 11) is -3.48. The van der Waals surface area contributed by atoms with Gasteiger partial charge >= 0.3 is 0 Å². The molecule has 0 fully saturated rings. The highest BCUT2D eigenvalue weighted by Gasteiger charge is 2.15. The molecule has 1 atom stereocenters. The van der Waals surface area contributed by atoms with Gasteiger partial charge in [-0.3, -0.25) is 0 Å². The minimum absolute atomic E-state index is 0.0946. The second-order valence-corrected chi connectivity index (χ2v) is 5.17. The Kier molecular flexibility index (Phi) is 4.35. The SMILES string of the molecule is CC(C)C[C@H](NS(C)(=O)=O)C(=O)[O-]. The Morgan fingerprint density at radius 2 is 1.92 bits per heavy atom. The van der Waals surface area contributed by atoms with Crippen molar-refractivity contribution in [2.45, 2.75) is 26.3 Å². The molecule has 1 N–H and O–H groups in total. The zero-order valence-electron chi connectivity index (χ0n) is 7.90. The predicted molar refractivity (Wildman–Crippen MR) is 46.2 cm³/mol. The normalized spacial score (nSPS) is 14.5. The van der Waals surface area contributed by atoms with Crippen LogP contribution in [0.25, 0.3) is 0 Å².